The van der Waals surface area contributed by atoms with E-state index in [-0.39, 0.29) is 37.6 Å². The first-order chi connectivity index (χ1) is 14.0. The summed E-state index contributed by atoms with van der Waals surface area (Å²) in [4.78, 5) is 33.8. The number of nitrogens with one attached hydrogen (secondary N) is 1. The van der Waals surface area contributed by atoms with Crippen molar-refractivity contribution < 1.29 is 23.1 Å². The highest BCUT2D eigenvalue weighted by molar-refractivity contribution is 6.17. The van der Waals surface area contributed by atoms with Gasteiger partial charge in [-0.05, 0) is 42.3 Å². The van der Waals surface area contributed by atoms with Crippen molar-refractivity contribution in [3.05, 3.63) is 54.4 Å². The number of Topliss-reactive ketones (excluding diaryl/α,β-unsaturated/α-hetero) is 1. The van der Waals surface area contributed by atoms with Crippen LogP contribution >= 0.6 is 0 Å². The predicted molar refractivity (Wildman–Crippen MR) is 103 cm³/mol. The number of hydrogen-bond donors (Lipinski definition) is 1. The molecule has 1 aromatic heterocycles. The molecule has 0 spiro atoms. The van der Waals surface area contributed by atoms with E-state index in [1.54, 1.807) is 42.7 Å². The number of fused-ring (bicyclic) bond motifs is 1. The Hall–Kier alpha value is -3.29. The third-order valence-electron chi connectivity index (χ3n) is 4.87. The fourth-order valence-corrected chi connectivity index (χ4v) is 3.49. The molecule has 1 fully saturated rings. The normalized spacial score (nSPS) is 16.9. The van der Waals surface area contributed by atoms with E-state index in [9.17, 15) is 18.4 Å². The van der Waals surface area contributed by atoms with Crippen LogP contribution in [0.5, 0.6) is 5.75 Å². The molecule has 1 unspecified atom stereocenters. The van der Waals surface area contributed by atoms with E-state index in [0.29, 0.717) is 22.5 Å². The van der Waals surface area contributed by atoms with E-state index in [2.05, 4.69) is 9.97 Å². The Labute approximate surface area is 165 Å². The lowest BCUT2D eigenvalue weighted by molar-refractivity contribution is -0.121. The molecule has 3 aromatic rings. The summed E-state index contributed by atoms with van der Waals surface area (Å²) in [5.74, 6) is 0.0919. The summed E-state index contributed by atoms with van der Waals surface area (Å²) in [7, 11) is 0. The van der Waals surface area contributed by atoms with Crippen LogP contribution in [-0.2, 0) is 9.59 Å². The fraction of sp³-hybridized carbons (Fsp3) is 0.286. The molecule has 150 valence electrons. The van der Waals surface area contributed by atoms with Crippen molar-refractivity contribution in [2.24, 2.45) is 0 Å². The number of carbonyl (C=O) groups is 2. The molecule has 1 aliphatic rings. The minimum Gasteiger partial charge on any atom is -0.494 e. The number of ketones is 1. The molecule has 29 heavy (non-hydrogen) atoms. The topological polar surface area (TPSA) is 75.3 Å². The first-order valence-electron chi connectivity index (χ1n) is 9.32. The van der Waals surface area contributed by atoms with Gasteiger partial charge in [0.15, 0.2) is 5.78 Å². The second-order valence-electron chi connectivity index (χ2n) is 6.86. The number of aromatic nitrogens is 2. The van der Waals surface area contributed by atoms with Gasteiger partial charge >= 0.3 is 0 Å². The van der Waals surface area contributed by atoms with E-state index >= 15 is 0 Å². The molecule has 6 nitrogen and oxygen atoms in total. The molecular weight excluding hydrogens is 380 g/mol. The zero-order chi connectivity index (χ0) is 20.4. The van der Waals surface area contributed by atoms with Gasteiger partial charge in [-0.25, -0.2) is 13.8 Å². The van der Waals surface area contributed by atoms with Gasteiger partial charge in [0.05, 0.1) is 30.4 Å². The van der Waals surface area contributed by atoms with Gasteiger partial charge in [0.25, 0.3) is 0 Å². The summed E-state index contributed by atoms with van der Waals surface area (Å²) >= 11 is 0. The number of alkyl halides is 2. The van der Waals surface area contributed by atoms with Gasteiger partial charge in [-0.3, -0.25) is 14.5 Å². The zero-order valence-corrected chi connectivity index (χ0v) is 15.5. The first kappa shape index (κ1) is 19.0. The van der Waals surface area contributed by atoms with Gasteiger partial charge in [0.2, 0.25) is 12.3 Å². The van der Waals surface area contributed by atoms with Gasteiger partial charge in [0, 0.05) is 12.1 Å². The number of carbonyl (C=O) groups excluding carboxylic acids is 2. The molecular formula is C21H19F2N3O3. The third-order valence-corrected chi connectivity index (χ3v) is 4.87. The number of H-pyrrole nitrogens is 1. The molecule has 0 saturated carbocycles. The molecule has 0 radical (unpaired) electrons. The standard InChI is InChI=1S/C21H19F2N3O3/c22-19(23)2-1-9-29-15-6-3-13(4-7-15)21-18(27)11-20(28)26(21)14-5-8-16-17(10-14)25-12-24-16/h3-8,10,12,19,21H,1-2,9,11H2,(H,24,25). The van der Waals surface area contributed by atoms with Crippen LogP contribution in [-0.4, -0.2) is 34.7 Å². The second kappa shape index (κ2) is 7.98. The summed E-state index contributed by atoms with van der Waals surface area (Å²) in [5.41, 5.74) is 2.83. The smallest absolute Gasteiger partial charge is 0.238 e. The van der Waals surface area contributed by atoms with Crippen molar-refractivity contribution in [1.82, 2.24) is 9.97 Å². The Bertz CT molecular complexity index is 1030. The molecule has 0 aliphatic carbocycles. The van der Waals surface area contributed by atoms with E-state index in [0.717, 1.165) is 5.52 Å². The number of aromatic amines is 1. The minimum absolute atomic E-state index is 0.158. The van der Waals surface area contributed by atoms with Crippen molar-refractivity contribution in [2.75, 3.05) is 11.5 Å². The molecule has 1 aliphatic heterocycles. The molecule has 1 atom stereocenters. The maximum absolute atomic E-state index is 12.6. The number of amides is 1. The lowest BCUT2D eigenvalue weighted by Crippen LogP contribution is -2.28. The third kappa shape index (κ3) is 3.96. The highest BCUT2D eigenvalue weighted by Gasteiger charge is 2.40. The molecule has 1 amide bonds. The second-order valence-corrected chi connectivity index (χ2v) is 6.86. The minimum atomic E-state index is -2.33. The monoisotopic (exact) mass is 399 g/mol. The Morgan fingerprint density at radius 2 is 1.97 bits per heavy atom. The van der Waals surface area contributed by atoms with Crippen LogP contribution in [0.2, 0.25) is 0 Å². The molecule has 2 aromatic carbocycles. The Kier molecular flexibility index (Phi) is 5.24. The number of rotatable bonds is 7. The quantitative estimate of drug-likeness (QED) is 0.481. The van der Waals surface area contributed by atoms with Crippen molar-refractivity contribution in [1.29, 1.82) is 0 Å². The first-order valence-corrected chi connectivity index (χ1v) is 9.32. The average Bonchev–Trinajstić information content (AvgIpc) is 3.28. The summed E-state index contributed by atoms with van der Waals surface area (Å²) in [6.07, 6.45) is -0.860. The van der Waals surface area contributed by atoms with Crippen molar-refractivity contribution in [3.63, 3.8) is 0 Å². The van der Waals surface area contributed by atoms with Gasteiger partial charge in [-0.15, -0.1) is 0 Å². The number of benzene rings is 2. The molecule has 2 heterocycles. The Morgan fingerprint density at radius 3 is 2.72 bits per heavy atom. The number of hydrogen-bond acceptors (Lipinski definition) is 4. The number of nitrogens with zero attached hydrogens (tertiary/aromatic N) is 2. The van der Waals surface area contributed by atoms with Crippen LogP contribution in [0.15, 0.2) is 48.8 Å². The SMILES string of the molecule is O=C1CC(=O)N(c2ccc3[nH]cnc3c2)C1c1ccc(OCCCC(F)F)cc1. The van der Waals surface area contributed by atoms with Crippen LogP contribution < -0.4 is 9.64 Å². The Balaban J connectivity index is 1.53. The van der Waals surface area contributed by atoms with Gasteiger partial charge < -0.3 is 9.72 Å². The van der Waals surface area contributed by atoms with Crippen LogP contribution in [0.3, 0.4) is 0 Å². The van der Waals surface area contributed by atoms with E-state index in [4.69, 9.17) is 4.74 Å². The summed E-state index contributed by atoms with van der Waals surface area (Å²) in [6, 6.07) is 11.5. The fourth-order valence-electron chi connectivity index (χ4n) is 3.49. The van der Waals surface area contributed by atoms with E-state index in [1.165, 1.54) is 4.90 Å². The number of anilines is 1. The van der Waals surface area contributed by atoms with Crippen LogP contribution in [0.25, 0.3) is 11.0 Å². The average molecular weight is 399 g/mol. The highest BCUT2D eigenvalue weighted by Crippen LogP contribution is 2.36. The lowest BCUT2D eigenvalue weighted by Gasteiger charge is -2.24. The van der Waals surface area contributed by atoms with Crippen molar-refractivity contribution in [2.45, 2.75) is 31.7 Å². The summed E-state index contributed by atoms with van der Waals surface area (Å²) in [6.45, 7) is 0.195. The number of ether oxygens (including phenoxy) is 1. The van der Waals surface area contributed by atoms with E-state index < -0.39 is 12.5 Å². The summed E-state index contributed by atoms with van der Waals surface area (Å²) in [5, 5.41) is 0. The Morgan fingerprint density at radius 1 is 1.17 bits per heavy atom. The van der Waals surface area contributed by atoms with Gasteiger partial charge in [-0.2, -0.15) is 0 Å². The van der Waals surface area contributed by atoms with Crippen molar-refractivity contribution >= 4 is 28.4 Å². The van der Waals surface area contributed by atoms with Crippen LogP contribution in [0.1, 0.15) is 30.9 Å². The van der Waals surface area contributed by atoms with Gasteiger partial charge in [0.1, 0.15) is 11.8 Å². The number of imidazole rings is 1. The lowest BCUT2D eigenvalue weighted by atomic mass is 10.0. The molecule has 4 rings (SSSR count). The molecule has 1 saturated heterocycles. The van der Waals surface area contributed by atoms with Crippen LogP contribution in [0, 0.1) is 0 Å². The van der Waals surface area contributed by atoms with E-state index in [1.807, 2.05) is 6.07 Å². The maximum atomic E-state index is 12.6. The molecule has 8 heteroatoms. The maximum Gasteiger partial charge on any atom is 0.238 e. The molecule has 0 bridgehead atoms. The van der Waals surface area contributed by atoms with Crippen LogP contribution in [0.4, 0.5) is 14.5 Å². The largest absolute Gasteiger partial charge is 0.494 e. The van der Waals surface area contributed by atoms with Crippen molar-refractivity contribution in [3.8, 4) is 5.75 Å². The van der Waals surface area contributed by atoms with Gasteiger partial charge in [-0.1, -0.05) is 12.1 Å². The molecule has 1 N–H and O–H groups in total. The predicted octanol–water partition coefficient (Wildman–Crippen LogP) is 4.03. The summed E-state index contributed by atoms with van der Waals surface area (Å²) < 4.78 is 29.8. The highest BCUT2D eigenvalue weighted by atomic mass is 19.3. The number of halogens is 2. The zero-order valence-electron chi connectivity index (χ0n) is 15.5.